The minimum absolute atomic E-state index is 0.0678. The lowest BCUT2D eigenvalue weighted by Gasteiger charge is -2.39. The smallest absolute Gasteiger partial charge is 0.373 e. The molecule has 1 aromatic heterocycles. The van der Waals surface area contributed by atoms with Crippen molar-refractivity contribution in [3.05, 3.63) is 32.6 Å². The van der Waals surface area contributed by atoms with Crippen molar-refractivity contribution in [1.82, 2.24) is 14.2 Å². The van der Waals surface area contributed by atoms with E-state index < -0.39 is 31.4 Å². The van der Waals surface area contributed by atoms with E-state index in [1.807, 2.05) is 13.8 Å². The van der Waals surface area contributed by atoms with Crippen LogP contribution < -0.4 is 11.2 Å². The molecule has 1 aliphatic heterocycles. The number of H-pyrrole nitrogens is 1. The number of carbonyl (C=O) groups is 1. The van der Waals surface area contributed by atoms with E-state index in [2.05, 4.69) is 51.2 Å². The fraction of sp³-hybridized carbons (Fsp3) is 0.800. The van der Waals surface area contributed by atoms with Crippen LogP contribution in [0.25, 0.3) is 0 Å². The second-order valence-electron chi connectivity index (χ2n) is 11.6. The Balaban J connectivity index is 0.00000338. The van der Waals surface area contributed by atoms with Gasteiger partial charge in [0.25, 0.3) is 14.1 Å². The van der Waals surface area contributed by atoms with Crippen LogP contribution in [0.4, 0.5) is 0 Å². The summed E-state index contributed by atoms with van der Waals surface area (Å²) in [5, 5.41) is 0.467. The fourth-order valence-corrected chi connectivity index (χ4v) is 8.33. The van der Waals surface area contributed by atoms with Gasteiger partial charge >= 0.3 is 17.8 Å². The van der Waals surface area contributed by atoms with Crippen molar-refractivity contribution in [3.8, 4) is 0 Å². The summed E-state index contributed by atoms with van der Waals surface area (Å²) in [6, 6.07) is 0.182. The second-order valence-corrected chi connectivity index (χ2v) is 15.9. The van der Waals surface area contributed by atoms with Crippen LogP contribution in [0, 0.1) is 12.3 Å². The highest BCUT2D eigenvalue weighted by Gasteiger charge is 2.44. The summed E-state index contributed by atoms with van der Waals surface area (Å²) in [6.45, 7) is 20.5. The van der Waals surface area contributed by atoms with E-state index in [0.29, 0.717) is 36.0 Å². The summed E-state index contributed by atoms with van der Waals surface area (Å²) in [5.74, 6) is 0.0974. The molecule has 0 saturated carbocycles. The van der Waals surface area contributed by atoms with Gasteiger partial charge in [0, 0.05) is 35.5 Å². The van der Waals surface area contributed by atoms with Crippen LogP contribution in [0.15, 0.2) is 15.8 Å². The molecule has 0 amide bonds. The Morgan fingerprint density at radius 1 is 1.15 bits per heavy atom. The highest BCUT2D eigenvalue weighted by molar-refractivity contribution is 8.76. The zero-order valence-corrected chi connectivity index (χ0v) is 31.3. The normalized spacial score (nSPS) is 20.0. The molecule has 1 aromatic rings. The largest absolute Gasteiger partial charge is 0.465 e. The van der Waals surface area contributed by atoms with Crippen molar-refractivity contribution in [2.75, 3.05) is 25.8 Å². The predicted octanol–water partition coefficient (Wildman–Crippen LogP) is 5.43. The monoisotopic (exact) mass is 709 g/mol. The molecular formula is C30H52N3O10PS2. The first-order valence-electron chi connectivity index (χ1n) is 15.6. The molecule has 0 bridgehead atoms. The second kappa shape index (κ2) is 21.4. The Bertz CT molecular complexity index is 1200. The third-order valence-corrected chi connectivity index (χ3v) is 11.9. The van der Waals surface area contributed by atoms with Crippen LogP contribution in [0.2, 0.25) is 0 Å². The molecule has 16 heteroatoms. The summed E-state index contributed by atoms with van der Waals surface area (Å²) < 4.78 is 34.7. The summed E-state index contributed by atoms with van der Waals surface area (Å²) in [4.78, 5) is 56.5. The minimum atomic E-state index is -1.65. The molecular weight excluding hydrogens is 657 g/mol. The average molecular weight is 710 g/mol. The van der Waals surface area contributed by atoms with Gasteiger partial charge in [0.05, 0.1) is 32.0 Å². The number of hydrogen-bond acceptors (Lipinski definition) is 13. The van der Waals surface area contributed by atoms with Crippen LogP contribution in [-0.4, -0.2) is 81.6 Å². The van der Waals surface area contributed by atoms with E-state index in [1.54, 1.807) is 35.4 Å². The maximum Gasteiger partial charge on any atom is 0.373 e. The SMILES string of the molecule is CCOC(=O)C(CC)(COCSSC(C)C)COP(OC1C[C@H](n2cc(C)c(=O)[nH]c2=O)O[C@@H]1CC)N(C(C)C)C(C)C.O=C=O. The molecule has 2 rings (SSSR count). The number of aromatic amines is 1. The van der Waals surface area contributed by atoms with Crippen molar-refractivity contribution >= 4 is 42.2 Å². The van der Waals surface area contributed by atoms with E-state index in [0.717, 1.165) is 0 Å². The van der Waals surface area contributed by atoms with Crippen LogP contribution >= 0.6 is 30.1 Å². The Kier molecular flexibility index (Phi) is 19.8. The molecule has 0 aromatic carbocycles. The summed E-state index contributed by atoms with van der Waals surface area (Å²) in [6.07, 6.45) is 2.05. The molecule has 1 fully saturated rings. The maximum absolute atomic E-state index is 13.3. The number of hydrogen-bond donors (Lipinski definition) is 1. The first kappa shape index (κ1) is 42.5. The number of nitrogens with one attached hydrogen (secondary N) is 1. The minimum Gasteiger partial charge on any atom is -0.465 e. The highest BCUT2D eigenvalue weighted by atomic mass is 33.1. The maximum atomic E-state index is 13.3. The molecule has 5 atom stereocenters. The molecule has 0 aliphatic carbocycles. The zero-order valence-electron chi connectivity index (χ0n) is 28.7. The van der Waals surface area contributed by atoms with Crippen LogP contribution in [0.5, 0.6) is 0 Å². The number of esters is 1. The lowest BCUT2D eigenvalue weighted by molar-refractivity contribution is -0.191. The quantitative estimate of drug-likeness (QED) is 0.0639. The van der Waals surface area contributed by atoms with Gasteiger partial charge in [-0.3, -0.25) is 19.1 Å². The van der Waals surface area contributed by atoms with E-state index in [4.69, 9.17) is 32.8 Å². The van der Waals surface area contributed by atoms with Crippen molar-refractivity contribution < 1.29 is 37.6 Å². The van der Waals surface area contributed by atoms with Gasteiger partial charge in [-0.05, 0) is 54.4 Å². The van der Waals surface area contributed by atoms with Gasteiger partial charge in [0.15, 0.2) is 0 Å². The highest BCUT2D eigenvalue weighted by Crippen LogP contribution is 2.51. The van der Waals surface area contributed by atoms with E-state index in [-0.39, 0.29) is 56.2 Å². The number of aryl methyl sites for hydroxylation is 1. The molecule has 3 unspecified atom stereocenters. The van der Waals surface area contributed by atoms with Gasteiger partial charge in [-0.1, -0.05) is 49.3 Å². The van der Waals surface area contributed by atoms with E-state index >= 15 is 0 Å². The molecule has 1 aliphatic rings. The van der Waals surface area contributed by atoms with Gasteiger partial charge in [0.2, 0.25) is 0 Å². The van der Waals surface area contributed by atoms with Gasteiger partial charge in [-0.25, -0.2) is 9.46 Å². The summed E-state index contributed by atoms with van der Waals surface area (Å²) in [7, 11) is 1.69. The standard InChI is InChI=1S/C29H52N3O8PS2.CO2/c1-11-23-24(14-25(39-23)31-15-22(10)26(33)30-28(31)35)40-41(32(19(4)5)20(6)7)38-17-29(12-2,27(34)37-13-3)16-36-18-42-43-21(8)9;2-1-3/h15,19-21,23-25H,11-14,16-18H2,1-10H3,(H,30,33,35);/t23-,24?,25-,29?,41?;/m1./s1. The predicted molar refractivity (Wildman–Crippen MR) is 180 cm³/mol. The molecule has 2 heterocycles. The van der Waals surface area contributed by atoms with Crippen molar-refractivity contribution in [1.29, 1.82) is 0 Å². The molecule has 1 saturated heterocycles. The van der Waals surface area contributed by atoms with Crippen molar-refractivity contribution in [2.24, 2.45) is 5.41 Å². The molecule has 0 spiro atoms. The number of aromatic nitrogens is 2. The Morgan fingerprint density at radius 2 is 1.78 bits per heavy atom. The Hall–Kier alpha value is -1.54. The fourth-order valence-electron chi connectivity index (χ4n) is 4.79. The Labute approximate surface area is 281 Å². The van der Waals surface area contributed by atoms with Crippen molar-refractivity contribution in [2.45, 2.75) is 124 Å². The molecule has 264 valence electrons. The molecule has 13 nitrogen and oxygen atoms in total. The lowest BCUT2D eigenvalue weighted by Crippen LogP contribution is -2.42. The summed E-state index contributed by atoms with van der Waals surface area (Å²) >= 11 is 0. The topological polar surface area (TPSA) is 155 Å². The number of nitrogens with zero attached hydrogens (tertiary/aromatic N) is 2. The third-order valence-electron chi connectivity index (χ3n) is 7.12. The lowest BCUT2D eigenvalue weighted by atomic mass is 9.87. The van der Waals surface area contributed by atoms with Crippen LogP contribution in [0.1, 0.15) is 93.4 Å². The average Bonchev–Trinajstić information content (AvgIpc) is 3.38. The van der Waals surface area contributed by atoms with Gasteiger partial charge in [-0.2, -0.15) is 9.59 Å². The molecule has 46 heavy (non-hydrogen) atoms. The molecule has 1 N–H and O–H groups in total. The van der Waals surface area contributed by atoms with E-state index in [9.17, 15) is 14.4 Å². The molecule has 0 radical (unpaired) electrons. The number of ether oxygens (including phenoxy) is 3. The van der Waals surface area contributed by atoms with Crippen LogP contribution in [-0.2, 0) is 37.6 Å². The van der Waals surface area contributed by atoms with Gasteiger partial charge in [0.1, 0.15) is 17.6 Å². The Morgan fingerprint density at radius 3 is 2.30 bits per heavy atom. The third kappa shape index (κ3) is 12.8. The van der Waals surface area contributed by atoms with Crippen molar-refractivity contribution in [3.63, 3.8) is 0 Å². The zero-order chi connectivity index (χ0) is 35.0. The van der Waals surface area contributed by atoms with Crippen LogP contribution in [0.3, 0.4) is 0 Å². The van der Waals surface area contributed by atoms with Gasteiger partial charge in [-0.15, -0.1) is 0 Å². The van der Waals surface area contributed by atoms with E-state index in [1.165, 1.54) is 10.8 Å². The van der Waals surface area contributed by atoms with Gasteiger partial charge < -0.3 is 23.3 Å². The number of rotatable bonds is 19. The first-order chi connectivity index (χ1) is 21.7. The number of carbonyl (C=O) groups excluding carboxylic acids is 3. The summed E-state index contributed by atoms with van der Waals surface area (Å²) in [5.41, 5.74) is -1.51. The first-order valence-corrected chi connectivity index (χ1v) is 19.1.